The Balaban J connectivity index is 3.09. The van der Waals surface area contributed by atoms with Crippen LogP contribution in [0.4, 0.5) is 5.69 Å². The first kappa shape index (κ1) is 15.6. The Labute approximate surface area is 114 Å². The lowest BCUT2D eigenvalue weighted by atomic mass is 10.1. The molecule has 3 N–H and O–H groups in total. The summed E-state index contributed by atoms with van der Waals surface area (Å²) in [6.07, 6.45) is -0.180. The highest BCUT2D eigenvalue weighted by Crippen LogP contribution is 2.21. The van der Waals surface area contributed by atoms with E-state index in [0.717, 1.165) is 0 Å². The molecule has 0 saturated carbocycles. The molecule has 1 amide bonds. The average molecular weight is 282 g/mol. The molecular weight excluding hydrogens is 268 g/mol. The SMILES string of the molecule is Cc1cccc([N+](=O)[O-])c1C(=O)N[C@@H](CCO)C(=O)O. The number of carbonyl (C=O) groups is 2. The van der Waals surface area contributed by atoms with Crippen molar-refractivity contribution < 1.29 is 24.7 Å². The summed E-state index contributed by atoms with van der Waals surface area (Å²) in [7, 11) is 0. The number of aryl methyl sites for hydroxylation is 1. The van der Waals surface area contributed by atoms with Crippen LogP contribution in [0.25, 0.3) is 0 Å². The molecule has 1 aromatic rings. The van der Waals surface area contributed by atoms with E-state index in [-0.39, 0.29) is 12.0 Å². The van der Waals surface area contributed by atoms with Gasteiger partial charge in [-0.25, -0.2) is 4.79 Å². The molecule has 0 spiro atoms. The van der Waals surface area contributed by atoms with E-state index in [2.05, 4.69) is 5.32 Å². The lowest BCUT2D eigenvalue weighted by Crippen LogP contribution is -2.41. The minimum Gasteiger partial charge on any atom is -0.480 e. The van der Waals surface area contributed by atoms with Gasteiger partial charge < -0.3 is 15.5 Å². The van der Waals surface area contributed by atoms with Crippen molar-refractivity contribution in [2.24, 2.45) is 0 Å². The van der Waals surface area contributed by atoms with Crippen LogP contribution in [0.1, 0.15) is 22.3 Å². The number of carbonyl (C=O) groups excluding carboxylic acids is 1. The highest BCUT2D eigenvalue weighted by Gasteiger charge is 2.26. The summed E-state index contributed by atoms with van der Waals surface area (Å²) < 4.78 is 0. The molecule has 0 aliphatic rings. The number of benzene rings is 1. The number of nitrogens with one attached hydrogen (secondary N) is 1. The van der Waals surface area contributed by atoms with Crippen molar-refractivity contribution in [3.8, 4) is 0 Å². The largest absolute Gasteiger partial charge is 0.480 e. The van der Waals surface area contributed by atoms with E-state index in [1.165, 1.54) is 25.1 Å². The molecule has 108 valence electrons. The van der Waals surface area contributed by atoms with Gasteiger partial charge in [-0.15, -0.1) is 0 Å². The Kier molecular flexibility index (Phi) is 5.15. The molecule has 20 heavy (non-hydrogen) atoms. The number of nitrogens with zero attached hydrogens (tertiary/aromatic N) is 1. The van der Waals surface area contributed by atoms with Gasteiger partial charge in [0.2, 0.25) is 0 Å². The molecule has 1 rings (SSSR count). The number of carboxylic acids is 1. The van der Waals surface area contributed by atoms with Gasteiger partial charge in [-0.05, 0) is 12.5 Å². The lowest BCUT2D eigenvalue weighted by molar-refractivity contribution is -0.385. The predicted octanol–water partition coefficient (Wildman–Crippen LogP) is 0.469. The standard InChI is InChI=1S/C12H14N2O6/c1-7-3-2-4-9(14(19)20)10(7)11(16)13-8(5-6-15)12(17)18/h2-4,8,15H,5-6H2,1H3,(H,13,16)(H,17,18)/t8-/m0/s1. The Morgan fingerprint density at radius 2 is 2.10 bits per heavy atom. The number of hydrogen-bond acceptors (Lipinski definition) is 5. The third-order valence-corrected chi connectivity index (χ3v) is 2.70. The van der Waals surface area contributed by atoms with Crippen molar-refractivity contribution in [2.45, 2.75) is 19.4 Å². The maximum absolute atomic E-state index is 12.0. The van der Waals surface area contributed by atoms with Crippen LogP contribution < -0.4 is 5.32 Å². The van der Waals surface area contributed by atoms with E-state index in [1.54, 1.807) is 0 Å². The first-order valence-corrected chi connectivity index (χ1v) is 5.77. The van der Waals surface area contributed by atoms with Crippen LogP contribution in [0, 0.1) is 17.0 Å². The first-order chi connectivity index (χ1) is 9.38. The molecular formula is C12H14N2O6. The van der Waals surface area contributed by atoms with Crippen LogP contribution in [0.5, 0.6) is 0 Å². The molecule has 1 atom stereocenters. The summed E-state index contributed by atoms with van der Waals surface area (Å²) in [5.74, 6) is -2.17. The maximum Gasteiger partial charge on any atom is 0.326 e. The number of rotatable bonds is 6. The molecule has 8 heteroatoms. The summed E-state index contributed by atoms with van der Waals surface area (Å²) in [6, 6.07) is 2.83. The van der Waals surface area contributed by atoms with Crippen LogP contribution >= 0.6 is 0 Å². The van der Waals surface area contributed by atoms with Crippen molar-refractivity contribution in [2.75, 3.05) is 6.61 Å². The lowest BCUT2D eigenvalue weighted by Gasteiger charge is -2.14. The number of aliphatic hydroxyl groups excluding tert-OH is 1. The average Bonchev–Trinajstić information content (AvgIpc) is 2.37. The number of aliphatic carboxylic acids is 1. The van der Waals surface area contributed by atoms with Gasteiger partial charge in [0.15, 0.2) is 0 Å². The minimum atomic E-state index is -1.32. The Bertz CT molecular complexity index is 543. The number of aliphatic hydroxyl groups is 1. The Morgan fingerprint density at radius 3 is 2.60 bits per heavy atom. The monoisotopic (exact) mass is 282 g/mol. The molecule has 0 aromatic heterocycles. The van der Waals surface area contributed by atoms with Crippen molar-refractivity contribution >= 4 is 17.6 Å². The van der Waals surface area contributed by atoms with Gasteiger partial charge in [0.25, 0.3) is 11.6 Å². The fourth-order valence-corrected chi connectivity index (χ4v) is 1.72. The van der Waals surface area contributed by atoms with Crippen molar-refractivity contribution in [3.05, 3.63) is 39.4 Å². The van der Waals surface area contributed by atoms with Crippen molar-refractivity contribution in [1.29, 1.82) is 0 Å². The number of amides is 1. The molecule has 0 radical (unpaired) electrons. The van der Waals surface area contributed by atoms with E-state index >= 15 is 0 Å². The summed E-state index contributed by atoms with van der Waals surface area (Å²) >= 11 is 0. The molecule has 1 aromatic carbocycles. The van der Waals surface area contributed by atoms with Gasteiger partial charge in [-0.2, -0.15) is 0 Å². The van der Waals surface area contributed by atoms with Crippen molar-refractivity contribution in [1.82, 2.24) is 5.32 Å². The third-order valence-electron chi connectivity index (χ3n) is 2.70. The number of nitro groups is 1. The van der Waals surface area contributed by atoms with Crippen LogP contribution in [-0.2, 0) is 4.79 Å². The second-order valence-corrected chi connectivity index (χ2v) is 4.10. The smallest absolute Gasteiger partial charge is 0.326 e. The quantitative estimate of drug-likeness (QED) is 0.513. The zero-order valence-corrected chi connectivity index (χ0v) is 10.7. The third kappa shape index (κ3) is 3.51. The van der Waals surface area contributed by atoms with Gasteiger partial charge in [0, 0.05) is 19.1 Å². The first-order valence-electron chi connectivity index (χ1n) is 5.77. The summed E-state index contributed by atoms with van der Waals surface area (Å²) in [4.78, 5) is 33.1. The van der Waals surface area contributed by atoms with Crippen LogP contribution in [0.2, 0.25) is 0 Å². The highest BCUT2D eigenvalue weighted by atomic mass is 16.6. The molecule has 0 aliphatic carbocycles. The Hall–Kier alpha value is -2.48. The van der Waals surface area contributed by atoms with E-state index in [4.69, 9.17) is 10.2 Å². The van der Waals surface area contributed by atoms with Gasteiger partial charge in [0.05, 0.1) is 4.92 Å². The van der Waals surface area contributed by atoms with E-state index < -0.39 is 35.1 Å². The van der Waals surface area contributed by atoms with Gasteiger partial charge in [-0.1, -0.05) is 12.1 Å². The summed E-state index contributed by atoms with van der Waals surface area (Å²) in [6.45, 7) is 1.09. The fraction of sp³-hybridized carbons (Fsp3) is 0.333. The molecule has 0 saturated heterocycles. The van der Waals surface area contributed by atoms with Crippen LogP contribution in [-0.4, -0.2) is 39.7 Å². The van der Waals surface area contributed by atoms with Crippen LogP contribution in [0.3, 0.4) is 0 Å². The zero-order chi connectivity index (χ0) is 15.3. The minimum absolute atomic E-state index is 0.179. The normalized spacial score (nSPS) is 11.7. The number of hydrogen-bond donors (Lipinski definition) is 3. The predicted molar refractivity (Wildman–Crippen MR) is 68.4 cm³/mol. The topological polar surface area (TPSA) is 130 Å². The molecule has 0 aliphatic heterocycles. The number of carboxylic acid groups (broad SMARTS) is 1. The molecule has 0 bridgehead atoms. The van der Waals surface area contributed by atoms with Crippen LogP contribution in [0.15, 0.2) is 18.2 Å². The Morgan fingerprint density at radius 1 is 1.45 bits per heavy atom. The van der Waals surface area contributed by atoms with E-state index in [0.29, 0.717) is 5.56 Å². The second-order valence-electron chi connectivity index (χ2n) is 4.10. The van der Waals surface area contributed by atoms with E-state index in [1.807, 2.05) is 0 Å². The molecule has 0 heterocycles. The maximum atomic E-state index is 12.0. The highest BCUT2D eigenvalue weighted by molar-refractivity contribution is 6.01. The molecule has 8 nitrogen and oxygen atoms in total. The number of nitro benzene ring substituents is 1. The summed E-state index contributed by atoms with van der Waals surface area (Å²) in [5, 5.41) is 30.7. The molecule has 0 unspecified atom stereocenters. The van der Waals surface area contributed by atoms with E-state index in [9.17, 15) is 19.7 Å². The fourth-order valence-electron chi connectivity index (χ4n) is 1.72. The van der Waals surface area contributed by atoms with Gasteiger partial charge in [-0.3, -0.25) is 14.9 Å². The van der Waals surface area contributed by atoms with Gasteiger partial charge >= 0.3 is 5.97 Å². The van der Waals surface area contributed by atoms with Crippen molar-refractivity contribution in [3.63, 3.8) is 0 Å². The summed E-state index contributed by atoms with van der Waals surface area (Å²) in [5.41, 5.74) is -0.206. The van der Waals surface area contributed by atoms with Gasteiger partial charge in [0.1, 0.15) is 11.6 Å². The second kappa shape index (κ2) is 6.62. The zero-order valence-electron chi connectivity index (χ0n) is 10.7. The molecule has 0 fully saturated rings.